The predicted octanol–water partition coefficient (Wildman–Crippen LogP) is 11.6. The summed E-state index contributed by atoms with van der Waals surface area (Å²) in [6, 6.07) is 14.5. The molecular formula is C36H49F3O. The number of hydrogen-bond donors (Lipinski definition) is 0. The normalized spacial score (nSPS) is 24.5. The molecule has 2 aliphatic rings. The van der Waals surface area contributed by atoms with Crippen LogP contribution in [0.4, 0.5) is 13.2 Å². The van der Waals surface area contributed by atoms with Crippen LogP contribution in [-0.2, 0) is 11.3 Å². The average molecular weight is 555 g/mol. The topological polar surface area (TPSA) is 9.23 Å². The van der Waals surface area contributed by atoms with Crippen molar-refractivity contribution < 1.29 is 17.9 Å². The number of halogens is 3. The van der Waals surface area contributed by atoms with Gasteiger partial charge in [0, 0.05) is 0 Å². The van der Waals surface area contributed by atoms with E-state index in [-0.39, 0.29) is 12.2 Å². The Labute approximate surface area is 240 Å². The quantitative estimate of drug-likeness (QED) is 0.167. The first-order chi connectivity index (χ1) is 19.4. The summed E-state index contributed by atoms with van der Waals surface area (Å²) in [6.45, 7) is 5.74. The molecule has 1 atom stereocenters. The van der Waals surface area contributed by atoms with Gasteiger partial charge in [0.1, 0.15) is 0 Å². The second-order valence-electron chi connectivity index (χ2n) is 12.4. The van der Waals surface area contributed by atoms with Gasteiger partial charge in [-0.05, 0) is 110 Å². The lowest BCUT2D eigenvalue weighted by Gasteiger charge is -2.29. The van der Waals surface area contributed by atoms with E-state index in [1.807, 2.05) is 42.5 Å². The molecule has 1 nitrogen and oxygen atoms in total. The molecule has 40 heavy (non-hydrogen) atoms. The number of ether oxygens (including phenoxy) is 1. The zero-order valence-corrected chi connectivity index (χ0v) is 24.4. The molecular weight excluding hydrogens is 505 g/mol. The Morgan fingerprint density at radius 2 is 1.32 bits per heavy atom. The molecule has 0 saturated heterocycles. The number of unbranched alkanes of at least 4 members (excludes halogenated alkanes) is 2. The number of hydrogen-bond acceptors (Lipinski definition) is 1. The molecule has 0 bridgehead atoms. The molecule has 2 aliphatic carbocycles. The molecule has 4 heteroatoms. The number of rotatable bonds is 14. The SMILES string of the molecule is C=CCCC1CCC(c2ccc(COC(F)(F)C(F)c3ccc(C4CCC(CCCCC)CC4)cc3)cc2)CC1. The molecule has 2 fully saturated rings. The highest BCUT2D eigenvalue weighted by Crippen LogP contribution is 2.41. The van der Waals surface area contributed by atoms with Crippen molar-refractivity contribution in [2.75, 3.05) is 0 Å². The first kappa shape index (κ1) is 30.9. The van der Waals surface area contributed by atoms with Crippen LogP contribution in [0.15, 0.2) is 61.2 Å². The standard InChI is InChI=1S/C36H49F3O/c1-3-5-7-9-28-12-18-31(19-13-28)33-22-24-34(25-23-33)35(37)36(38,39)40-26-29-14-20-32(21-15-29)30-16-10-27(11-17-30)8-6-4-2/h4,14-15,20-25,27-28,30-31,35H,2-3,5-13,16-19,26H2,1H3. The highest BCUT2D eigenvalue weighted by molar-refractivity contribution is 5.28. The van der Waals surface area contributed by atoms with E-state index in [9.17, 15) is 13.2 Å². The van der Waals surface area contributed by atoms with Gasteiger partial charge in [0.05, 0.1) is 6.61 Å². The smallest absolute Gasteiger partial charge is 0.313 e. The third-order valence-electron chi connectivity index (χ3n) is 9.57. The van der Waals surface area contributed by atoms with Gasteiger partial charge in [-0.15, -0.1) is 6.58 Å². The maximum atomic E-state index is 14.9. The lowest BCUT2D eigenvalue weighted by atomic mass is 9.77. The van der Waals surface area contributed by atoms with E-state index in [1.165, 1.54) is 88.3 Å². The summed E-state index contributed by atoms with van der Waals surface area (Å²) in [6.07, 6.45) is 12.6. The molecule has 4 rings (SSSR count). The molecule has 0 amide bonds. The van der Waals surface area contributed by atoms with E-state index < -0.39 is 12.3 Å². The van der Waals surface area contributed by atoms with Gasteiger partial charge in [0.15, 0.2) is 0 Å². The van der Waals surface area contributed by atoms with Gasteiger partial charge in [-0.1, -0.05) is 87.2 Å². The fraction of sp³-hybridized carbons (Fsp3) is 0.611. The predicted molar refractivity (Wildman–Crippen MR) is 159 cm³/mol. The van der Waals surface area contributed by atoms with Crippen molar-refractivity contribution in [3.05, 3.63) is 83.4 Å². The molecule has 2 aromatic carbocycles. The van der Waals surface area contributed by atoms with Gasteiger partial charge >= 0.3 is 6.11 Å². The second-order valence-corrected chi connectivity index (χ2v) is 12.4. The summed E-state index contributed by atoms with van der Waals surface area (Å²) >= 11 is 0. The lowest BCUT2D eigenvalue weighted by molar-refractivity contribution is -0.282. The molecule has 0 N–H and O–H groups in total. The molecule has 2 aromatic rings. The number of allylic oxidation sites excluding steroid dienone is 1. The Kier molecular flexibility index (Phi) is 11.8. The first-order valence-corrected chi connectivity index (χ1v) is 15.8. The maximum absolute atomic E-state index is 14.9. The third-order valence-corrected chi connectivity index (χ3v) is 9.57. The molecule has 0 aliphatic heterocycles. The Balaban J connectivity index is 1.23. The Bertz CT molecular complexity index is 999. The summed E-state index contributed by atoms with van der Waals surface area (Å²) in [4.78, 5) is 0. The minimum absolute atomic E-state index is 0.0268. The average Bonchev–Trinajstić information content (AvgIpc) is 3.00. The number of benzene rings is 2. The van der Waals surface area contributed by atoms with Gasteiger partial charge in [-0.25, -0.2) is 4.39 Å². The van der Waals surface area contributed by atoms with Gasteiger partial charge in [-0.3, -0.25) is 0 Å². The van der Waals surface area contributed by atoms with Crippen LogP contribution in [-0.4, -0.2) is 6.11 Å². The van der Waals surface area contributed by atoms with Crippen LogP contribution in [0.5, 0.6) is 0 Å². The summed E-state index contributed by atoms with van der Waals surface area (Å²) < 4.78 is 49.2. The van der Waals surface area contributed by atoms with Crippen molar-refractivity contribution in [3.8, 4) is 0 Å². The maximum Gasteiger partial charge on any atom is 0.391 e. The molecule has 1 unspecified atom stereocenters. The highest BCUT2D eigenvalue weighted by atomic mass is 19.3. The van der Waals surface area contributed by atoms with Crippen molar-refractivity contribution in [2.45, 2.75) is 128 Å². The highest BCUT2D eigenvalue weighted by Gasteiger charge is 2.43. The van der Waals surface area contributed by atoms with Gasteiger partial charge in [-0.2, -0.15) is 8.78 Å². The summed E-state index contributed by atoms with van der Waals surface area (Å²) in [7, 11) is 0. The third kappa shape index (κ3) is 8.71. The van der Waals surface area contributed by atoms with E-state index in [0.717, 1.165) is 36.7 Å². The number of alkyl halides is 3. The van der Waals surface area contributed by atoms with Crippen LogP contribution in [0.2, 0.25) is 0 Å². The van der Waals surface area contributed by atoms with Gasteiger partial charge in [0.2, 0.25) is 6.17 Å². The van der Waals surface area contributed by atoms with Gasteiger partial charge in [0.25, 0.3) is 0 Å². The van der Waals surface area contributed by atoms with E-state index in [2.05, 4.69) is 13.5 Å². The molecule has 0 heterocycles. The summed E-state index contributed by atoms with van der Waals surface area (Å²) in [5.74, 6) is 2.57. The second kappa shape index (κ2) is 15.2. The zero-order valence-electron chi connectivity index (χ0n) is 24.4. The van der Waals surface area contributed by atoms with Crippen molar-refractivity contribution in [1.29, 1.82) is 0 Å². The fourth-order valence-electron chi connectivity index (χ4n) is 6.88. The molecule has 2 saturated carbocycles. The molecule has 220 valence electrons. The first-order valence-electron chi connectivity index (χ1n) is 15.8. The monoisotopic (exact) mass is 554 g/mol. The Morgan fingerprint density at radius 1 is 0.800 bits per heavy atom. The van der Waals surface area contributed by atoms with Crippen LogP contribution in [0.25, 0.3) is 0 Å². The zero-order chi connectivity index (χ0) is 28.4. The van der Waals surface area contributed by atoms with Crippen LogP contribution in [0.3, 0.4) is 0 Å². The van der Waals surface area contributed by atoms with Crippen molar-refractivity contribution in [1.82, 2.24) is 0 Å². The van der Waals surface area contributed by atoms with E-state index in [1.54, 1.807) is 0 Å². The van der Waals surface area contributed by atoms with Crippen molar-refractivity contribution >= 4 is 0 Å². The van der Waals surface area contributed by atoms with E-state index in [0.29, 0.717) is 17.4 Å². The Hall–Kier alpha value is -2.07. The minimum atomic E-state index is -3.89. The van der Waals surface area contributed by atoms with Gasteiger partial charge < -0.3 is 4.74 Å². The molecule has 0 spiro atoms. The van der Waals surface area contributed by atoms with Crippen LogP contribution in [0, 0.1) is 11.8 Å². The van der Waals surface area contributed by atoms with Crippen molar-refractivity contribution in [3.63, 3.8) is 0 Å². The van der Waals surface area contributed by atoms with Crippen LogP contribution < -0.4 is 0 Å². The molecule has 0 radical (unpaired) electrons. The van der Waals surface area contributed by atoms with E-state index >= 15 is 0 Å². The largest absolute Gasteiger partial charge is 0.391 e. The molecule has 0 aromatic heterocycles. The van der Waals surface area contributed by atoms with Crippen LogP contribution >= 0.6 is 0 Å². The Morgan fingerprint density at radius 3 is 1.85 bits per heavy atom. The van der Waals surface area contributed by atoms with E-state index in [4.69, 9.17) is 4.74 Å². The lowest BCUT2D eigenvalue weighted by Crippen LogP contribution is -2.27. The van der Waals surface area contributed by atoms with Crippen molar-refractivity contribution in [2.24, 2.45) is 11.8 Å². The summed E-state index contributed by atoms with van der Waals surface area (Å²) in [5, 5.41) is 0. The minimum Gasteiger partial charge on any atom is -0.313 e. The summed E-state index contributed by atoms with van der Waals surface area (Å²) in [5.41, 5.74) is 3.00. The van der Waals surface area contributed by atoms with Crippen LogP contribution in [0.1, 0.15) is 137 Å². The fourth-order valence-corrected chi connectivity index (χ4v) is 6.88.